The summed E-state index contributed by atoms with van der Waals surface area (Å²) in [6, 6.07) is 13.1. The van der Waals surface area contributed by atoms with Crippen molar-refractivity contribution in [3.8, 4) is 22.9 Å². The highest BCUT2D eigenvalue weighted by Gasteiger charge is 2.16. The minimum Gasteiger partial charge on any atom is -0.497 e. The minimum atomic E-state index is -0.184. The van der Waals surface area contributed by atoms with Crippen molar-refractivity contribution >= 4 is 5.91 Å². The lowest BCUT2D eigenvalue weighted by atomic mass is 10.1. The molecule has 168 valence electrons. The molecule has 0 unspecified atom stereocenters. The zero-order chi connectivity index (χ0) is 22.3. The zero-order valence-electron chi connectivity index (χ0n) is 18.5. The van der Waals surface area contributed by atoms with E-state index in [1.165, 1.54) is 24.8 Å². The SMILES string of the molecule is COc1ccc(-c2noc(CNC(=O)c3ccc(CN4CCCCC4)cc3)n2)c(OC)c1. The van der Waals surface area contributed by atoms with Crippen LogP contribution in [0, 0.1) is 0 Å². The molecule has 3 aromatic rings. The van der Waals surface area contributed by atoms with Gasteiger partial charge < -0.3 is 19.3 Å². The monoisotopic (exact) mass is 436 g/mol. The molecule has 1 aliphatic rings. The molecule has 0 atom stereocenters. The van der Waals surface area contributed by atoms with E-state index < -0.39 is 0 Å². The van der Waals surface area contributed by atoms with Gasteiger partial charge in [-0.3, -0.25) is 9.69 Å². The Morgan fingerprint density at radius 1 is 1.06 bits per heavy atom. The van der Waals surface area contributed by atoms with E-state index in [0.29, 0.717) is 34.3 Å². The van der Waals surface area contributed by atoms with Gasteiger partial charge in [-0.25, -0.2) is 0 Å². The summed E-state index contributed by atoms with van der Waals surface area (Å²) in [5.41, 5.74) is 2.50. The van der Waals surface area contributed by atoms with Gasteiger partial charge in [-0.15, -0.1) is 0 Å². The molecule has 1 aromatic heterocycles. The Hall–Kier alpha value is -3.39. The number of piperidine rings is 1. The van der Waals surface area contributed by atoms with Crippen LogP contribution in [0.4, 0.5) is 0 Å². The van der Waals surface area contributed by atoms with Crippen LogP contribution in [0.25, 0.3) is 11.4 Å². The van der Waals surface area contributed by atoms with Crippen molar-refractivity contribution in [2.24, 2.45) is 0 Å². The molecule has 0 radical (unpaired) electrons. The molecule has 2 heterocycles. The minimum absolute atomic E-state index is 0.139. The molecule has 0 spiro atoms. The van der Waals surface area contributed by atoms with Gasteiger partial charge in [0, 0.05) is 18.2 Å². The van der Waals surface area contributed by atoms with E-state index in [0.717, 1.165) is 19.6 Å². The molecule has 4 rings (SSSR count). The molecule has 0 saturated carbocycles. The topological polar surface area (TPSA) is 89.7 Å². The molecule has 1 aliphatic heterocycles. The molecule has 8 heteroatoms. The molecule has 8 nitrogen and oxygen atoms in total. The lowest BCUT2D eigenvalue weighted by Gasteiger charge is -2.26. The van der Waals surface area contributed by atoms with Gasteiger partial charge in [0.05, 0.1) is 26.3 Å². The van der Waals surface area contributed by atoms with E-state index in [-0.39, 0.29) is 12.5 Å². The molecule has 1 fully saturated rings. The summed E-state index contributed by atoms with van der Waals surface area (Å²) in [7, 11) is 3.16. The fraction of sp³-hybridized carbons (Fsp3) is 0.375. The maximum atomic E-state index is 12.5. The van der Waals surface area contributed by atoms with Gasteiger partial charge in [0.15, 0.2) is 0 Å². The average Bonchev–Trinajstić information content (AvgIpc) is 3.32. The van der Waals surface area contributed by atoms with Crippen molar-refractivity contribution in [1.82, 2.24) is 20.4 Å². The number of nitrogens with zero attached hydrogens (tertiary/aromatic N) is 3. The van der Waals surface area contributed by atoms with Gasteiger partial charge in [0.1, 0.15) is 11.5 Å². The van der Waals surface area contributed by atoms with E-state index in [2.05, 4.69) is 20.4 Å². The summed E-state index contributed by atoms with van der Waals surface area (Å²) < 4.78 is 15.9. The van der Waals surface area contributed by atoms with Crippen LogP contribution in [-0.2, 0) is 13.1 Å². The van der Waals surface area contributed by atoms with Crippen LogP contribution in [-0.4, -0.2) is 48.3 Å². The average molecular weight is 437 g/mol. The second-order valence-corrected chi connectivity index (χ2v) is 7.79. The molecule has 2 aromatic carbocycles. The van der Waals surface area contributed by atoms with E-state index in [1.807, 2.05) is 24.3 Å². The Bertz CT molecular complexity index is 1040. The van der Waals surface area contributed by atoms with Crippen LogP contribution in [0.15, 0.2) is 47.0 Å². The Kier molecular flexibility index (Phi) is 7.01. The lowest BCUT2D eigenvalue weighted by Crippen LogP contribution is -2.29. The zero-order valence-corrected chi connectivity index (χ0v) is 18.5. The molecular weight excluding hydrogens is 408 g/mol. The summed E-state index contributed by atoms with van der Waals surface area (Å²) in [4.78, 5) is 19.4. The van der Waals surface area contributed by atoms with Gasteiger partial charge in [0.25, 0.3) is 5.91 Å². The van der Waals surface area contributed by atoms with E-state index in [9.17, 15) is 4.79 Å². The number of amides is 1. The number of rotatable bonds is 8. The summed E-state index contributed by atoms with van der Waals surface area (Å²) in [5, 5.41) is 6.84. The van der Waals surface area contributed by atoms with Crippen LogP contribution >= 0.6 is 0 Å². The second-order valence-electron chi connectivity index (χ2n) is 7.79. The maximum Gasteiger partial charge on any atom is 0.251 e. The van der Waals surface area contributed by atoms with E-state index >= 15 is 0 Å². The first kappa shape index (κ1) is 21.8. The van der Waals surface area contributed by atoms with E-state index in [1.54, 1.807) is 32.4 Å². The summed E-state index contributed by atoms with van der Waals surface area (Å²) in [6.07, 6.45) is 3.86. The third kappa shape index (κ3) is 5.26. The number of benzene rings is 2. The number of nitrogens with one attached hydrogen (secondary N) is 1. The maximum absolute atomic E-state index is 12.5. The fourth-order valence-electron chi connectivity index (χ4n) is 3.81. The van der Waals surface area contributed by atoms with Gasteiger partial charge in [-0.1, -0.05) is 23.7 Å². The Morgan fingerprint density at radius 3 is 2.56 bits per heavy atom. The second kappa shape index (κ2) is 10.3. The van der Waals surface area contributed by atoms with Crippen LogP contribution in [0.2, 0.25) is 0 Å². The number of aromatic nitrogens is 2. The number of hydrogen-bond acceptors (Lipinski definition) is 7. The summed E-state index contributed by atoms with van der Waals surface area (Å²) in [6.45, 7) is 3.37. The third-order valence-electron chi connectivity index (χ3n) is 5.59. The number of carbonyl (C=O) groups is 1. The fourth-order valence-corrected chi connectivity index (χ4v) is 3.81. The first-order chi connectivity index (χ1) is 15.7. The quantitative estimate of drug-likeness (QED) is 0.576. The smallest absolute Gasteiger partial charge is 0.251 e. The van der Waals surface area contributed by atoms with Crippen LogP contribution in [0.3, 0.4) is 0 Å². The first-order valence-corrected chi connectivity index (χ1v) is 10.8. The molecule has 0 aliphatic carbocycles. The van der Waals surface area contributed by atoms with Gasteiger partial charge in [0.2, 0.25) is 11.7 Å². The molecule has 1 amide bonds. The Morgan fingerprint density at radius 2 is 1.84 bits per heavy atom. The number of hydrogen-bond donors (Lipinski definition) is 1. The van der Waals surface area contributed by atoms with Crippen molar-refractivity contribution in [2.75, 3.05) is 27.3 Å². The van der Waals surface area contributed by atoms with E-state index in [4.69, 9.17) is 14.0 Å². The largest absolute Gasteiger partial charge is 0.497 e. The third-order valence-corrected chi connectivity index (χ3v) is 5.59. The van der Waals surface area contributed by atoms with Crippen molar-refractivity contribution in [1.29, 1.82) is 0 Å². The van der Waals surface area contributed by atoms with Crippen molar-refractivity contribution < 1.29 is 18.8 Å². The normalized spacial score (nSPS) is 14.2. The molecular formula is C24H28N4O4. The molecule has 0 bridgehead atoms. The van der Waals surface area contributed by atoms with Gasteiger partial charge >= 0.3 is 0 Å². The molecule has 1 saturated heterocycles. The summed E-state index contributed by atoms with van der Waals surface area (Å²) >= 11 is 0. The highest BCUT2D eigenvalue weighted by molar-refractivity contribution is 5.94. The highest BCUT2D eigenvalue weighted by atomic mass is 16.5. The molecule has 32 heavy (non-hydrogen) atoms. The Labute approximate surface area is 187 Å². The highest BCUT2D eigenvalue weighted by Crippen LogP contribution is 2.31. The predicted molar refractivity (Wildman–Crippen MR) is 120 cm³/mol. The number of likely N-dealkylation sites (tertiary alicyclic amines) is 1. The van der Waals surface area contributed by atoms with Gasteiger partial charge in [-0.2, -0.15) is 4.98 Å². The standard InChI is InChI=1S/C24H28N4O4/c1-30-19-10-11-20(21(14-19)31-2)23-26-22(32-27-23)15-25-24(29)18-8-6-17(7-9-18)16-28-12-4-3-5-13-28/h6-11,14H,3-5,12-13,15-16H2,1-2H3,(H,25,29). The van der Waals surface area contributed by atoms with Crippen molar-refractivity contribution in [3.05, 3.63) is 59.5 Å². The number of ether oxygens (including phenoxy) is 2. The number of methoxy groups -OCH3 is 2. The first-order valence-electron chi connectivity index (χ1n) is 10.8. The van der Waals surface area contributed by atoms with Crippen molar-refractivity contribution in [3.63, 3.8) is 0 Å². The van der Waals surface area contributed by atoms with Crippen LogP contribution in [0.5, 0.6) is 11.5 Å². The lowest BCUT2D eigenvalue weighted by molar-refractivity contribution is 0.0946. The Balaban J connectivity index is 1.34. The van der Waals surface area contributed by atoms with Crippen LogP contribution in [0.1, 0.15) is 41.1 Å². The van der Waals surface area contributed by atoms with Crippen LogP contribution < -0.4 is 14.8 Å². The number of carbonyl (C=O) groups excluding carboxylic acids is 1. The van der Waals surface area contributed by atoms with Crippen molar-refractivity contribution in [2.45, 2.75) is 32.4 Å². The predicted octanol–water partition coefficient (Wildman–Crippen LogP) is 3.67. The summed E-state index contributed by atoms with van der Waals surface area (Å²) in [5.74, 6) is 1.76. The molecule has 1 N–H and O–H groups in total. The van der Waals surface area contributed by atoms with Gasteiger partial charge in [-0.05, 0) is 55.8 Å².